The Bertz CT molecular complexity index is 874. The maximum absolute atomic E-state index is 12.9. The number of urea groups is 1. The van der Waals surface area contributed by atoms with Gasteiger partial charge in [-0.3, -0.25) is 9.69 Å². The average molecular weight is 396 g/mol. The Morgan fingerprint density at radius 3 is 2.28 bits per heavy atom. The minimum atomic E-state index is -1.14. The lowest BCUT2D eigenvalue weighted by Crippen LogP contribution is -2.42. The van der Waals surface area contributed by atoms with Gasteiger partial charge in [-0.15, -0.1) is 0 Å². The minimum absolute atomic E-state index is 0.0199. The van der Waals surface area contributed by atoms with Crippen molar-refractivity contribution >= 4 is 11.9 Å². The Labute approximate surface area is 171 Å². The highest BCUT2D eigenvalue weighted by atomic mass is 16.5. The van der Waals surface area contributed by atoms with Crippen molar-refractivity contribution in [2.24, 2.45) is 0 Å². The smallest absolute Gasteiger partial charge is 0.325 e. The largest absolute Gasteiger partial charge is 0.491 e. The molecule has 2 N–H and O–H groups in total. The molecular formula is C23H28N2O4. The van der Waals surface area contributed by atoms with E-state index < -0.39 is 17.7 Å². The van der Waals surface area contributed by atoms with Crippen LogP contribution in [0, 0.1) is 0 Å². The van der Waals surface area contributed by atoms with Crippen molar-refractivity contribution in [1.82, 2.24) is 10.2 Å². The monoisotopic (exact) mass is 396 g/mol. The van der Waals surface area contributed by atoms with Crippen LogP contribution in [0.1, 0.15) is 38.8 Å². The third-order valence-electron chi connectivity index (χ3n) is 5.18. The highest BCUT2D eigenvalue weighted by molar-refractivity contribution is 6.07. The Hall–Kier alpha value is -2.86. The lowest BCUT2D eigenvalue weighted by atomic mass is 9.87. The quantitative estimate of drug-likeness (QED) is 0.735. The zero-order chi connectivity index (χ0) is 21.2. The number of benzene rings is 2. The van der Waals surface area contributed by atoms with Gasteiger partial charge in [0.05, 0.1) is 6.54 Å². The van der Waals surface area contributed by atoms with Crippen molar-refractivity contribution in [3.63, 3.8) is 0 Å². The summed E-state index contributed by atoms with van der Waals surface area (Å²) in [7, 11) is 0. The molecule has 0 bridgehead atoms. The molecule has 1 aliphatic rings. The molecule has 0 aliphatic carbocycles. The van der Waals surface area contributed by atoms with Crippen LogP contribution in [0.2, 0.25) is 0 Å². The number of amides is 3. The summed E-state index contributed by atoms with van der Waals surface area (Å²) in [4.78, 5) is 26.3. The summed E-state index contributed by atoms with van der Waals surface area (Å²) in [5, 5.41) is 13.1. The molecule has 29 heavy (non-hydrogen) atoms. The van der Waals surface area contributed by atoms with E-state index in [1.165, 1.54) is 5.56 Å². The number of aliphatic hydroxyl groups is 1. The number of β-amino-alcohol motifs (C(OH)–C–C–N with tert-alkyl or cyclic N) is 1. The molecule has 1 saturated heterocycles. The molecule has 6 heteroatoms. The number of hydrogen-bond acceptors (Lipinski definition) is 4. The van der Waals surface area contributed by atoms with Gasteiger partial charge in [0.15, 0.2) is 0 Å². The fraction of sp³-hybridized carbons (Fsp3) is 0.391. The first-order valence-corrected chi connectivity index (χ1v) is 9.72. The first-order chi connectivity index (χ1) is 13.6. The van der Waals surface area contributed by atoms with Crippen LogP contribution < -0.4 is 10.1 Å². The number of hydrogen-bond donors (Lipinski definition) is 2. The second kappa shape index (κ2) is 7.87. The molecule has 0 saturated carbocycles. The van der Waals surface area contributed by atoms with Gasteiger partial charge < -0.3 is 15.2 Å². The first kappa shape index (κ1) is 20.9. The van der Waals surface area contributed by atoms with Crippen LogP contribution in [0.3, 0.4) is 0 Å². The second-order valence-electron chi connectivity index (χ2n) is 8.58. The Balaban J connectivity index is 1.60. The van der Waals surface area contributed by atoms with Crippen molar-refractivity contribution in [3.05, 3.63) is 65.7 Å². The molecule has 2 atom stereocenters. The van der Waals surface area contributed by atoms with E-state index in [0.717, 1.165) is 4.90 Å². The van der Waals surface area contributed by atoms with Crippen molar-refractivity contribution in [1.29, 1.82) is 0 Å². The zero-order valence-electron chi connectivity index (χ0n) is 17.3. The van der Waals surface area contributed by atoms with E-state index in [1.54, 1.807) is 19.1 Å². The number of nitrogens with one attached hydrogen (secondary N) is 1. The van der Waals surface area contributed by atoms with Crippen molar-refractivity contribution < 1.29 is 19.4 Å². The number of ether oxygens (including phenoxy) is 1. The van der Waals surface area contributed by atoms with E-state index in [9.17, 15) is 14.7 Å². The molecule has 2 aromatic carbocycles. The molecule has 1 heterocycles. The van der Waals surface area contributed by atoms with Gasteiger partial charge in [-0.2, -0.15) is 0 Å². The van der Waals surface area contributed by atoms with Gasteiger partial charge in [0.1, 0.15) is 24.0 Å². The van der Waals surface area contributed by atoms with Crippen LogP contribution in [0.4, 0.5) is 4.79 Å². The second-order valence-corrected chi connectivity index (χ2v) is 8.58. The molecule has 1 aliphatic heterocycles. The van der Waals surface area contributed by atoms with Crippen LogP contribution in [0.25, 0.3) is 0 Å². The van der Waals surface area contributed by atoms with E-state index in [1.807, 2.05) is 42.5 Å². The maximum Gasteiger partial charge on any atom is 0.325 e. The molecule has 3 rings (SSSR count). The summed E-state index contributed by atoms with van der Waals surface area (Å²) in [5.41, 5.74) is 0.796. The molecule has 0 unspecified atom stereocenters. The molecule has 0 radical (unpaired) electrons. The number of imide groups is 1. The van der Waals surface area contributed by atoms with Crippen LogP contribution in [0.15, 0.2) is 54.6 Å². The summed E-state index contributed by atoms with van der Waals surface area (Å²) in [6.45, 7) is 7.92. The predicted octanol–water partition coefficient (Wildman–Crippen LogP) is 3.19. The van der Waals surface area contributed by atoms with Gasteiger partial charge in [0.2, 0.25) is 0 Å². The summed E-state index contributed by atoms with van der Waals surface area (Å²) < 4.78 is 5.63. The number of aliphatic hydroxyl groups excluding tert-OH is 1. The van der Waals surface area contributed by atoms with E-state index in [4.69, 9.17) is 4.74 Å². The zero-order valence-corrected chi connectivity index (χ0v) is 17.3. The third kappa shape index (κ3) is 4.43. The Kier molecular flexibility index (Phi) is 5.66. The van der Waals surface area contributed by atoms with E-state index in [2.05, 4.69) is 26.1 Å². The molecule has 0 spiro atoms. The molecule has 2 aromatic rings. The minimum Gasteiger partial charge on any atom is -0.491 e. The number of carbonyl (C=O) groups is 2. The van der Waals surface area contributed by atoms with Crippen LogP contribution in [-0.2, 0) is 15.7 Å². The lowest BCUT2D eigenvalue weighted by Gasteiger charge is -2.23. The Morgan fingerprint density at radius 2 is 1.69 bits per heavy atom. The Morgan fingerprint density at radius 1 is 1.07 bits per heavy atom. The van der Waals surface area contributed by atoms with Gasteiger partial charge in [-0.05, 0) is 35.6 Å². The van der Waals surface area contributed by atoms with E-state index in [-0.39, 0.29) is 24.5 Å². The number of carbonyl (C=O) groups excluding carboxylic acids is 2. The normalized spacial score (nSPS) is 20.5. The third-order valence-corrected chi connectivity index (χ3v) is 5.18. The van der Waals surface area contributed by atoms with Gasteiger partial charge in [0.25, 0.3) is 5.91 Å². The van der Waals surface area contributed by atoms with Crippen molar-refractivity contribution in [3.8, 4) is 5.75 Å². The van der Waals surface area contributed by atoms with Crippen LogP contribution >= 0.6 is 0 Å². The standard InChI is InChI=1S/C23H28N2O4/c1-22(2,3)16-10-12-19(13-11-16)29-15-18(26)14-25-20(27)23(4,24-21(25)28)17-8-6-5-7-9-17/h5-13,18,26H,14-15H2,1-4H3,(H,24,28)/t18-,23+/m0/s1. The van der Waals surface area contributed by atoms with E-state index >= 15 is 0 Å². The van der Waals surface area contributed by atoms with Crippen LogP contribution in [-0.4, -0.2) is 41.2 Å². The first-order valence-electron chi connectivity index (χ1n) is 9.72. The molecular weight excluding hydrogens is 368 g/mol. The number of rotatable bonds is 6. The van der Waals surface area contributed by atoms with Gasteiger partial charge in [-0.1, -0.05) is 63.2 Å². The van der Waals surface area contributed by atoms with Gasteiger partial charge >= 0.3 is 6.03 Å². The maximum atomic E-state index is 12.9. The number of nitrogens with zero attached hydrogens (tertiary/aromatic N) is 1. The lowest BCUT2D eigenvalue weighted by molar-refractivity contribution is -0.132. The fourth-order valence-electron chi connectivity index (χ4n) is 3.34. The molecule has 6 nitrogen and oxygen atoms in total. The summed E-state index contributed by atoms with van der Waals surface area (Å²) >= 11 is 0. The summed E-state index contributed by atoms with van der Waals surface area (Å²) in [6, 6.07) is 16.2. The highest BCUT2D eigenvalue weighted by Gasteiger charge is 2.49. The van der Waals surface area contributed by atoms with E-state index in [0.29, 0.717) is 11.3 Å². The average Bonchev–Trinajstić information content (AvgIpc) is 2.91. The highest BCUT2D eigenvalue weighted by Crippen LogP contribution is 2.29. The van der Waals surface area contributed by atoms with Crippen molar-refractivity contribution in [2.45, 2.75) is 44.8 Å². The van der Waals surface area contributed by atoms with Gasteiger partial charge in [0, 0.05) is 0 Å². The summed E-state index contributed by atoms with van der Waals surface area (Å²) in [6.07, 6.45) is -0.995. The fourth-order valence-corrected chi connectivity index (χ4v) is 3.34. The predicted molar refractivity (Wildman–Crippen MR) is 111 cm³/mol. The molecule has 1 fully saturated rings. The molecule has 154 valence electrons. The SMILES string of the molecule is CC(C)(C)c1ccc(OC[C@@H](O)CN2C(=O)N[C@](C)(c3ccccc3)C2=O)cc1. The summed E-state index contributed by atoms with van der Waals surface area (Å²) in [5.74, 6) is 0.241. The molecule has 0 aromatic heterocycles. The van der Waals surface area contributed by atoms with Crippen LogP contribution in [0.5, 0.6) is 5.75 Å². The van der Waals surface area contributed by atoms with Gasteiger partial charge in [-0.25, -0.2) is 4.79 Å². The van der Waals surface area contributed by atoms with Crippen molar-refractivity contribution in [2.75, 3.05) is 13.2 Å². The molecule has 3 amide bonds. The topological polar surface area (TPSA) is 78.9 Å².